The largest absolute Gasteiger partial charge is 0.309 e. The number of hydrogen-bond acceptors (Lipinski definition) is 5. The Labute approximate surface area is 156 Å². The Morgan fingerprint density at radius 3 is 2.70 bits per heavy atom. The molecule has 1 aliphatic heterocycles. The minimum absolute atomic E-state index is 0.00315. The van der Waals surface area contributed by atoms with Gasteiger partial charge >= 0.3 is 0 Å². The first kappa shape index (κ1) is 17.5. The van der Waals surface area contributed by atoms with Gasteiger partial charge in [0.05, 0.1) is 11.7 Å². The lowest BCUT2D eigenvalue weighted by atomic mass is 9.96. The minimum atomic E-state index is -0.383. The predicted octanol–water partition coefficient (Wildman–Crippen LogP) is 3.11. The van der Waals surface area contributed by atoms with Gasteiger partial charge in [0.1, 0.15) is 5.82 Å². The zero-order chi connectivity index (χ0) is 18.8. The van der Waals surface area contributed by atoms with Crippen molar-refractivity contribution in [2.24, 2.45) is 5.92 Å². The fourth-order valence-electron chi connectivity index (χ4n) is 3.35. The summed E-state index contributed by atoms with van der Waals surface area (Å²) in [5.41, 5.74) is 2.22. The highest BCUT2D eigenvalue weighted by molar-refractivity contribution is 5.94. The lowest BCUT2D eigenvalue weighted by Gasteiger charge is -2.27. The summed E-state index contributed by atoms with van der Waals surface area (Å²) in [6.45, 7) is 1.85. The molecule has 0 bridgehead atoms. The van der Waals surface area contributed by atoms with Gasteiger partial charge in [-0.05, 0) is 62.8 Å². The summed E-state index contributed by atoms with van der Waals surface area (Å²) in [4.78, 5) is 18.6. The van der Waals surface area contributed by atoms with Crippen molar-refractivity contribution in [3.8, 4) is 11.1 Å². The van der Waals surface area contributed by atoms with Gasteiger partial charge in [0.15, 0.2) is 5.82 Å². The third-order valence-electron chi connectivity index (χ3n) is 4.96. The van der Waals surface area contributed by atoms with Crippen molar-refractivity contribution in [3.63, 3.8) is 0 Å². The Hall–Kier alpha value is -2.93. The number of amides is 1. The van der Waals surface area contributed by atoms with Crippen molar-refractivity contribution < 1.29 is 9.18 Å². The molecule has 7 heteroatoms. The third kappa shape index (κ3) is 3.93. The standard InChI is InChI=1S/C20H20FN5O/c1-26-6-4-13(5-7-26)20(27)23-19-10-15-8-14(2-3-18(15)24-25-19)16-9-17(21)12-22-11-16/h2-3,8-13H,4-7H2,1H3,(H,23,25,27). The van der Waals surface area contributed by atoms with Crippen LogP contribution in [0, 0.1) is 11.7 Å². The van der Waals surface area contributed by atoms with E-state index in [9.17, 15) is 9.18 Å². The highest BCUT2D eigenvalue weighted by Crippen LogP contribution is 2.25. The molecule has 0 saturated carbocycles. The van der Waals surface area contributed by atoms with Crippen molar-refractivity contribution in [2.45, 2.75) is 12.8 Å². The molecule has 1 N–H and O–H groups in total. The number of likely N-dealkylation sites (tertiary alicyclic amines) is 1. The van der Waals surface area contributed by atoms with Gasteiger partial charge in [-0.1, -0.05) is 6.07 Å². The van der Waals surface area contributed by atoms with Gasteiger partial charge in [0.2, 0.25) is 5.91 Å². The smallest absolute Gasteiger partial charge is 0.228 e. The maximum atomic E-state index is 13.4. The maximum absolute atomic E-state index is 13.4. The van der Waals surface area contributed by atoms with E-state index < -0.39 is 0 Å². The van der Waals surface area contributed by atoms with E-state index in [4.69, 9.17) is 0 Å². The fourth-order valence-corrected chi connectivity index (χ4v) is 3.35. The van der Waals surface area contributed by atoms with E-state index in [0.717, 1.165) is 36.9 Å². The molecule has 3 heterocycles. The number of nitrogens with one attached hydrogen (secondary N) is 1. The second-order valence-corrected chi connectivity index (χ2v) is 6.96. The molecule has 138 valence electrons. The van der Waals surface area contributed by atoms with Crippen LogP contribution in [0.3, 0.4) is 0 Å². The molecule has 0 atom stereocenters. The van der Waals surface area contributed by atoms with Gasteiger partial charge in [-0.3, -0.25) is 9.78 Å². The van der Waals surface area contributed by atoms with Crippen LogP contribution in [0.15, 0.2) is 42.7 Å². The average molecular weight is 365 g/mol. The molecule has 0 unspecified atom stereocenters. The van der Waals surface area contributed by atoms with Crippen LogP contribution in [-0.4, -0.2) is 46.1 Å². The number of piperidine rings is 1. The number of carbonyl (C=O) groups excluding carboxylic acids is 1. The molecule has 4 rings (SSSR count). The van der Waals surface area contributed by atoms with E-state index in [1.165, 1.54) is 12.3 Å². The molecule has 2 aromatic heterocycles. The number of hydrogen-bond donors (Lipinski definition) is 1. The Morgan fingerprint density at radius 2 is 1.93 bits per heavy atom. The minimum Gasteiger partial charge on any atom is -0.309 e. The van der Waals surface area contributed by atoms with E-state index >= 15 is 0 Å². The van der Waals surface area contributed by atoms with Gasteiger partial charge in [-0.2, -0.15) is 0 Å². The Kier molecular flexibility index (Phi) is 4.77. The van der Waals surface area contributed by atoms with Gasteiger partial charge in [0.25, 0.3) is 0 Å². The summed E-state index contributed by atoms with van der Waals surface area (Å²) in [7, 11) is 2.06. The van der Waals surface area contributed by atoms with Crippen LogP contribution in [0.5, 0.6) is 0 Å². The topological polar surface area (TPSA) is 71.0 Å². The number of halogens is 1. The average Bonchev–Trinajstić information content (AvgIpc) is 2.68. The van der Waals surface area contributed by atoms with Gasteiger partial charge in [-0.15, -0.1) is 10.2 Å². The number of nitrogens with zero attached hydrogens (tertiary/aromatic N) is 4. The highest BCUT2D eigenvalue weighted by atomic mass is 19.1. The van der Waals surface area contributed by atoms with E-state index in [2.05, 4.69) is 32.4 Å². The van der Waals surface area contributed by atoms with Crippen LogP contribution < -0.4 is 5.32 Å². The maximum Gasteiger partial charge on any atom is 0.228 e. The molecule has 1 amide bonds. The molecule has 3 aromatic rings. The number of carbonyl (C=O) groups is 1. The normalized spacial score (nSPS) is 15.8. The summed E-state index contributed by atoms with van der Waals surface area (Å²) in [5.74, 6) is 0.0399. The van der Waals surface area contributed by atoms with E-state index in [-0.39, 0.29) is 17.6 Å². The fraction of sp³-hybridized carbons (Fsp3) is 0.300. The van der Waals surface area contributed by atoms with Crippen molar-refractivity contribution >= 4 is 22.6 Å². The summed E-state index contributed by atoms with van der Waals surface area (Å²) < 4.78 is 13.4. The van der Waals surface area contributed by atoms with E-state index in [1.54, 1.807) is 12.3 Å². The summed E-state index contributed by atoms with van der Waals surface area (Å²) in [5, 5.41) is 12.0. The predicted molar refractivity (Wildman–Crippen MR) is 102 cm³/mol. The quantitative estimate of drug-likeness (QED) is 0.772. The summed E-state index contributed by atoms with van der Waals surface area (Å²) in [6, 6.07) is 8.80. The molecule has 1 fully saturated rings. The number of aromatic nitrogens is 3. The molecule has 0 spiro atoms. The number of fused-ring (bicyclic) bond motifs is 1. The van der Waals surface area contributed by atoms with Crippen LogP contribution in [0.2, 0.25) is 0 Å². The molecule has 1 aliphatic rings. The molecule has 1 aromatic carbocycles. The Morgan fingerprint density at radius 1 is 1.11 bits per heavy atom. The van der Waals surface area contributed by atoms with Crippen LogP contribution in [-0.2, 0) is 4.79 Å². The third-order valence-corrected chi connectivity index (χ3v) is 4.96. The summed E-state index contributed by atoms with van der Waals surface area (Å²) in [6.07, 6.45) is 4.48. The molecule has 27 heavy (non-hydrogen) atoms. The monoisotopic (exact) mass is 365 g/mol. The first-order valence-electron chi connectivity index (χ1n) is 8.96. The number of anilines is 1. The summed E-state index contributed by atoms with van der Waals surface area (Å²) >= 11 is 0. The molecular weight excluding hydrogens is 345 g/mol. The number of pyridine rings is 1. The van der Waals surface area contributed by atoms with Gasteiger partial charge in [-0.25, -0.2) is 4.39 Å². The van der Waals surface area contributed by atoms with E-state index in [1.807, 2.05) is 18.2 Å². The number of benzene rings is 1. The molecular formula is C20H20FN5O. The van der Waals surface area contributed by atoms with Crippen LogP contribution in [0.1, 0.15) is 12.8 Å². The molecule has 0 aliphatic carbocycles. The highest BCUT2D eigenvalue weighted by Gasteiger charge is 2.23. The Bertz CT molecular complexity index is 985. The first-order valence-corrected chi connectivity index (χ1v) is 8.96. The lowest BCUT2D eigenvalue weighted by molar-refractivity contribution is -0.121. The first-order chi connectivity index (χ1) is 13.1. The van der Waals surface area contributed by atoms with Crippen LogP contribution in [0.25, 0.3) is 22.0 Å². The Balaban J connectivity index is 1.56. The zero-order valence-corrected chi connectivity index (χ0v) is 15.0. The van der Waals surface area contributed by atoms with Crippen molar-refractivity contribution in [1.29, 1.82) is 0 Å². The van der Waals surface area contributed by atoms with Crippen LogP contribution >= 0.6 is 0 Å². The van der Waals surface area contributed by atoms with E-state index in [0.29, 0.717) is 16.9 Å². The van der Waals surface area contributed by atoms with Crippen molar-refractivity contribution in [2.75, 3.05) is 25.5 Å². The second-order valence-electron chi connectivity index (χ2n) is 6.96. The second kappa shape index (κ2) is 7.36. The number of rotatable bonds is 3. The SMILES string of the molecule is CN1CCC(C(=O)Nc2cc3cc(-c4cncc(F)c4)ccc3nn2)CC1. The van der Waals surface area contributed by atoms with Crippen molar-refractivity contribution in [3.05, 3.63) is 48.5 Å². The zero-order valence-electron chi connectivity index (χ0n) is 15.0. The molecule has 1 saturated heterocycles. The molecule has 6 nitrogen and oxygen atoms in total. The van der Waals surface area contributed by atoms with Gasteiger partial charge in [0, 0.05) is 23.1 Å². The molecule has 0 radical (unpaired) electrons. The van der Waals surface area contributed by atoms with Gasteiger partial charge < -0.3 is 10.2 Å². The lowest BCUT2D eigenvalue weighted by Crippen LogP contribution is -2.36. The van der Waals surface area contributed by atoms with Crippen LogP contribution in [0.4, 0.5) is 10.2 Å². The van der Waals surface area contributed by atoms with Crippen molar-refractivity contribution in [1.82, 2.24) is 20.1 Å².